The third kappa shape index (κ3) is 4.07. The van der Waals surface area contributed by atoms with Gasteiger partial charge in [0.1, 0.15) is 0 Å². The average Bonchev–Trinajstić information content (AvgIpc) is 2.86. The maximum Gasteiger partial charge on any atom is 0.227 e. The molecule has 0 unspecified atom stereocenters. The van der Waals surface area contributed by atoms with Gasteiger partial charge in [0, 0.05) is 31.6 Å². The van der Waals surface area contributed by atoms with Crippen molar-refractivity contribution in [3.8, 4) is 0 Å². The second-order valence-corrected chi connectivity index (χ2v) is 6.29. The zero-order valence-electron chi connectivity index (χ0n) is 13.7. The molecule has 1 saturated heterocycles. The zero-order chi connectivity index (χ0) is 16.1. The van der Waals surface area contributed by atoms with Crippen LogP contribution in [-0.4, -0.2) is 45.5 Å². The zero-order valence-corrected chi connectivity index (χ0v) is 13.7. The summed E-state index contributed by atoms with van der Waals surface area (Å²) in [6.45, 7) is 4.17. The van der Waals surface area contributed by atoms with Gasteiger partial charge >= 0.3 is 0 Å². The Hall–Kier alpha value is -1.88. The van der Waals surface area contributed by atoms with Crippen LogP contribution in [0.3, 0.4) is 0 Å². The van der Waals surface area contributed by atoms with Crippen LogP contribution in [0.1, 0.15) is 18.4 Å². The van der Waals surface area contributed by atoms with Crippen molar-refractivity contribution in [3.05, 3.63) is 29.8 Å². The summed E-state index contributed by atoms with van der Waals surface area (Å²) < 4.78 is 0. The molecule has 2 amide bonds. The van der Waals surface area contributed by atoms with Crippen LogP contribution in [0, 0.1) is 12.8 Å². The second kappa shape index (κ2) is 7.40. The lowest BCUT2D eigenvalue weighted by Crippen LogP contribution is -3.05. The summed E-state index contributed by atoms with van der Waals surface area (Å²) >= 11 is 0. The van der Waals surface area contributed by atoms with E-state index in [9.17, 15) is 9.59 Å². The Morgan fingerprint density at radius 2 is 2.09 bits per heavy atom. The number of hydrogen-bond donors (Lipinski definition) is 2. The Kier molecular flexibility index (Phi) is 5.55. The molecule has 1 aliphatic rings. The summed E-state index contributed by atoms with van der Waals surface area (Å²) in [6.07, 6.45) is 1.26. The predicted octanol–water partition coefficient (Wildman–Crippen LogP) is -0.00128. The highest BCUT2D eigenvalue weighted by atomic mass is 16.2. The lowest BCUT2D eigenvalue weighted by Gasteiger charge is -2.19. The Balaban J connectivity index is 1.89. The molecule has 1 fully saturated rings. The summed E-state index contributed by atoms with van der Waals surface area (Å²) in [6, 6.07) is 7.80. The van der Waals surface area contributed by atoms with Crippen LogP contribution in [0.2, 0.25) is 0 Å². The van der Waals surface area contributed by atoms with E-state index >= 15 is 0 Å². The fourth-order valence-corrected chi connectivity index (χ4v) is 2.78. The standard InChI is InChI=1S/C17H25N3O2/c1-13-7-4-5-8-15(13)20-12-14(11-16(20)21)17(22)18-9-6-10-19(2)3/h4-5,7-8,14H,6,9-12H2,1-3H3,(H,18,22)/p+1/t14-/m1/s1. The molecular weight excluding hydrogens is 278 g/mol. The molecule has 120 valence electrons. The van der Waals surface area contributed by atoms with Gasteiger partial charge in [0.25, 0.3) is 0 Å². The fraction of sp³-hybridized carbons (Fsp3) is 0.529. The number of nitrogens with one attached hydrogen (secondary N) is 2. The van der Waals surface area contributed by atoms with Gasteiger partial charge in [-0.05, 0) is 18.6 Å². The normalized spacial score (nSPS) is 18.1. The molecule has 1 aliphatic heterocycles. The summed E-state index contributed by atoms with van der Waals surface area (Å²) in [7, 11) is 4.19. The minimum absolute atomic E-state index is 0.00168. The topological polar surface area (TPSA) is 53.9 Å². The molecule has 5 heteroatoms. The Morgan fingerprint density at radius 1 is 1.36 bits per heavy atom. The first-order chi connectivity index (χ1) is 10.5. The van der Waals surface area contributed by atoms with E-state index in [1.165, 1.54) is 4.90 Å². The molecule has 0 aromatic heterocycles. The number of amides is 2. The maximum atomic E-state index is 12.2. The number of para-hydroxylation sites is 1. The van der Waals surface area contributed by atoms with Crippen LogP contribution in [0.15, 0.2) is 24.3 Å². The number of aryl methyl sites for hydroxylation is 1. The minimum Gasteiger partial charge on any atom is -0.356 e. The molecule has 1 aromatic carbocycles. The van der Waals surface area contributed by atoms with Crippen LogP contribution < -0.4 is 15.1 Å². The molecule has 0 bridgehead atoms. The minimum atomic E-state index is -0.237. The first kappa shape index (κ1) is 16.5. The number of quaternary nitrogens is 1. The molecule has 2 rings (SSSR count). The van der Waals surface area contributed by atoms with Crippen molar-refractivity contribution in [2.45, 2.75) is 19.8 Å². The highest BCUT2D eigenvalue weighted by molar-refractivity contribution is 6.00. The first-order valence-corrected chi connectivity index (χ1v) is 7.91. The molecule has 0 saturated carbocycles. The van der Waals surface area contributed by atoms with Crippen molar-refractivity contribution in [2.75, 3.05) is 38.6 Å². The van der Waals surface area contributed by atoms with Crippen LogP contribution in [-0.2, 0) is 9.59 Å². The number of carbonyl (C=O) groups excluding carboxylic acids is 2. The Morgan fingerprint density at radius 3 is 2.77 bits per heavy atom. The molecule has 2 N–H and O–H groups in total. The van der Waals surface area contributed by atoms with Crippen LogP contribution in [0.4, 0.5) is 5.69 Å². The molecule has 0 spiro atoms. The van der Waals surface area contributed by atoms with Crippen molar-refractivity contribution in [2.24, 2.45) is 5.92 Å². The van der Waals surface area contributed by atoms with Gasteiger partial charge in [-0.15, -0.1) is 0 Å². The summed E-state index contributed by atoms with van der Waals surface area (Å²) in [5.41, 5.74) is 1.98. The molecule has 1 heterocycles. The van der Waals surface area contributed by atoms with Gasteiger partial charge in [-0.25, -0.2) is 0 Å². The highest BCUT2D eigenvalue weighted by Crippen LogP contribution is 2.27. The van der Waals surface area contributed by atoms with E-state index in [-0.39, 0.29) is 17.7 Å². The number of rotatable bonds is 6. The first-order valence-electron chi connectivity index (χ1n) is 7.91. The van der Waals surface area contributed by atoms with Gasteiger partial charge in [-0.3, -0.25) is 9.59 Å². The van der Waals surface area contributed by atoms with Gasteiger partial charge < -0.3 is 15.1 Å². The predicted molar refractivity (Wildman–Crippen MR) is 86.9 cm³/mol. The average molecular weight is 304 g/mol. The number of hydrogen-bond acceptors (Lipinski definition) is 2. The smallest absolute Gasteiger partial charge is 0.227 e. The van der Waals surface area contributed by atoms with Gasteiger partial charge in [0.05, 0.1) is 26.6 Å². The molecule has 1 atom stereocenters. The fourth-order valence-electron chi connectivity index (χ4n) is 2.78. The van der Waals surface area contributed by atoms with Crippen LogP contribution in [0.25, 0.3) is 0 Å². The van der Waals surface area contributed by atoms with Crippen LogP contribution in [0.5, 0.6) is 0 Å². The van der Waals surface area contributed by atoms with Crippen molar-refractivity contribution in [1.82, 2.24) is 5.32 Å². The third-order valence-electron chi connectivity index (χ3n) is 4.05. The van der Waals surface area contributed by atoms with Crippen molar-refractivity contribution < 1.29 is 14.5 Å². The SMILES string of the molecule is Cc1ccccc1N1C[C@H](C(=O)NCCC[NH+](C)C)CC1=O. The number of anilines is 1. The van der Waals surface area contributed by atoms with Gasteiger partial charge in [-0.2, -0.15) is 0 Å². The molecule has 1 aromatic rings. The highest BCUT2D eigenvalue weighted by Gasteiger charge is 2.35. The summed E-state index contributed by atoms with van der Waals surface area (Å²) in [5, 5.41) is 2.96. The van der Waals surface area contributed by atoms with Crippen LogP contribution >= 0.6 is 0 Å². The lowest BCUT2D eigenvalue weighted by atomic mass is 10.1. The summed E-state index contributed by atoms with van der Waals surface area (Å²) in [4.78, 5) is 27.5. The number of carbonyl (C=O) groups is 2. The van der Waals surface area contributed by atoms with Crippen molar-refractivity contribution in [1.29, 1.82) is 0 Å². The van der Waals surface area contributed by atoms with E-state index in [4.69, 9.17) is 0 Å². The van der Waals surface area contributed by atoms with E-state index in [0.717, 1.165) is 24.2 Å². The van der Waals surface area contributed by atoms with E-state index in [0.29, 0.717) is 19.5 Å². The molecule has 0 aliphatic carbocycles. The number of benzene rings is 1. The molecule has 0 radical (unpaired) electrons. The molecular formula is C17H26N3O2+. The van der Waals surface area contributed by atoms with Gasteiger partial charge in [0.2, 0.25) is 11.8 Å². The monoisotopic (exact) mass is 304 g/mol. The van der Waals surface area contributed by atoms with Crippen molar-refractivity contribution >= 4 is 17.5 Å². The number of nitrogens with zero attached hydrogens (tertiary/aromatic N) is 1. The van der Waals surface area contributed by atoms with E-state index < -0.39 is 0 Å². The second-order valence-electron chi connectivity index (χ2n) is 6.29. The maximum absolute atomic E-state index is 12.2. The molecule has 5 nitrogen and oxygen atoms in total. The Bertz CT molecular complexity index is 542. The van der Waals surface area contributed by atoms with Gasteiger partial charge in [-0.1, -0.05) is 18.2 Å². The van der Waals surface area contributed by atoms with Crippen molar-refractivity contribution in [3.63, 3.8) is 0 Å². The Labute approximate surface area is 132 Å². The largest absolute Gasteiger partial charge is 0.356 e. The lowest BCUT2D eigenvalue weighted by molar-refractivity contribution is -0.858. The third-order valence-corrected chi connectivity index (χ3v) is 4.05. The van der Waals surface area contributed by atoms with E-state index in [1.54, 1.807) is 4.90 Å². The molecule has 22 heavy (non-hydrogen) atoms. The quantitative estimate of drug-likeness (QED) is 0.727. The van der Waals surface area contributed by atoms with E-state index in [1.807, 2.05) is 31.2 Å². The van der Waals surface area contributed by atoms with E-state index in [2.05, 4.69) is 19.4 Å². The summed E-state index contributed by atoms with van der Waals surface area (Å²) in [5.74, 6) is -0.204. The van der Waals surface area contributed by atoms with Gasteiger partial charge in [0.15, 0.2) is 0 Å².